The van der Waals surface area contributed by atoms with Gasteiger partial charge in [-0.05, 0) is 60.7 Å². The molecule has 182 valence electrons. The van der Waals surface area contributed by atoms with Gasteiger partial charge in [0.15, 0.2) is 0 Å². The van der Waals surface area contributed by atoms with Gasteiger partial charge < -0.3 is 15.2 Å². The Labute approximate surface area is 212 Å². The maximum Gasteiger partial charge on any atom is 0.263 e. The lowest BCUT2D eigenvalue weighted by atomic mass is 10.0. The number of aromatic nitrogens is 3. The Balaban J connectivity index is 1.47. The molecule has 2 aromatic carbocycles. The van der Waals surface area contributed by atoms with Crippen LogP contribution in [0.15, 0.2) is 65.6 Å². The van der Waals surface area contributed by atoms with E-state index in [1.54, 1.807) is 30.0 Å². The third-order valence-electron chi connectivity index (χ3n) is 6.66. The summed E-state index contributed by atoms with van der Waals surface area (Å²) in [7, 11) is 1.67. The molecule has 0 unspecified atom stereocenters. The number of fused-ring (bicyclic) bond motifs is 3. The lowest BCUT2D eigenvalue weighted by molar-refractivity contribution is 0.414. The summed E-state index contributed by atoms with van der Waals surface area (Å²) in [5, 5.41) is 15.1. The average Bonchev–Trinajstić information content (AvgIpc) is 3.68. The molecule has 8 heteroatoms. The minimum atomic E-state index is -0.0935. The fourth-order valence-electron chi connectivity index (χ4n) is 4.69. The smallest absolute Gasteiger partial charge is 0.263 e. The van der Waals surface area contributed by atoms with Crippen LogP contribution in [0.3, 0.4) is 0 Å². The van der Waals surface area contributed by atoms with Gasteiger partial charge in [-0.15, -0.1) is 11.3 Å². The van der Waals surface area contributed by atoms with Gasteiger partial charge in [0.05, 0.1) is 22.9 Å². The minimum absolute atomic E-state index is 0.0935. The van der Waals surface area contributed by atoms with Crippen molar-refractivity contribution in [3.05, 3.63) is 82.4 Å². The minimum Gasteiger partial charge on any atom is -0.506 e. The molecule has 0 bridgehead atoms. The van der Waals surface area contributed by atoms with Crippen LogP contribution in [0.2, 0.25) is 0 Å². The van der Waals surface area contributed by atoms with E-state index in [0.717, 1.165) is 35.2 Å². The van der Waals surface area contributed by atoms with Crippen molar-refractivity contribution in [1.82, 2.24) is 19.9 Å². The highest BCUT2D eigenvalue weighted by atomic mass is 32.1. The van der Waals surface area contributed by atoms with Crippen molar-refractivity contribution in [1.29, 1.82) is 0 Å². The maximum absolute atomic E-state index is 14.0. The van der Waals surface area contributed by atoms with Crippen molar-refractivity contribution in [2.75, 3.05) is 13.7 Å². The summed E-state index contributed by atoms with van der Waals surface area (Å²) in [5.74, 6) is 2.08. The third-order valence-corrected chi connectivity index (χ3v) is 7.78. The summed E-state index contributed by atoms with van der Waals surface area (Å²) in [6, 6.07) is 17.1. The molecule has 1 aliphatic carbocycles. The van der Waals surface area contributed by atoms with E-state index >= 15 is 0 Å². The molecule has 36 heavy (non-hydrogen) atoms. The van der Waals surface area contributed by atoms with Gasteiger partial charge in [-0.25, -0.2) is 4.98 Å². The first-order valence-corrected chi connectivity index (χ1v) is 12.9. The molecule has 0 spiro atoms. The number of pyridine rings is 1. The Hall–Kier alpha value is -3.75. The molecule has 2 N–H and O–H groups in total. The van der Waals surface area contributed by atoms with E-state index in [-0.39, 0.29) is 11.3 Å². The summed E-state index contributed by atoms with van der Waals surface area (Å²) < 4.78 is 7.95. The van der Waals surface area contributed by atoms with Crippen LogP contribution in [0.1, 0.15) is 30.0 Å². The Kier molecular flexibility index (Phi) is 5.91. The van der Waals surface area contributed by atoms with Crippen LogP contribution < -0.4 is 15.6 Å². The second-order valence-corrected chi connectivity index (χ2v) is 10.1. The summed E-state index contributed by atoms with van der Waals surface area (Å²) >= 11 is 1.36. The van der Waals surface area contributed by atoms with E-state index in [4.69, 9.17) is 9.72 Å². The Morgan fingerprint density at radius 1 is 1.17 bits per heavy atom. The maximum atomic E-state index is 14.0. The van der Waals surface area contributed by atoms with Crippen LogP contribution in [0.4, 0.5) is 0 Å². The number of ether oxygens (including phenoxy) is 1. The van der Waals surface area contributed by atoms with Gasteiger partial charge in [0, 0.05) is 36.8 Å². The van der Waals surface area contributed by atoms with Gasteiger partial charge in [-0.1, -0.05) is 18.2 Å². The number of aromatic hydroxyl groups is 1. The average molecular weight is 499 g/mol. The zero-order chi connectivity index (χ0) is 24.6. The molecule has 0 saturated heterocycles. The largest absolute Gasteiger partial charge is 0.506 e. The highest BCUT2D eigenvalue weighted by Crippen LogP contribution is 2.46. The lowest BCUT2D eigenvalue weighted by Gasteiger charge is -2.16. The van der Waals surface area contributed by atoms with Crippen molar-refractivity contribution >= 4 is 31.6 Å². The molecule has 0 atom stereocenters. The van der Waals surface area contributed by atoms with Crippen LogP contribution in [-0.2, 0) is 13.1 Å². The molecule has 6 rings (SSSR count). The molecule has 1 saturated carbocycles. The number of nitrogens with one attached hydrogen (secondary N) is 1. The van der Waals surface area contributed by atoms with Crippen LogP contribution in [0.5, 0.6) is 11.5 Å². The molecule has 3 aromatic heterocycles. The summed E-state index contributed by atoms with van der Waals surface area (Å²) in [6.07, 6.45) is 4.02. The molecule has 5 aromatic rings. The van der Waals surface area contributed by atoms with Crippen molar-refractivity contribution < 1.29 is 9.84 Å². The second kappa shape index (κ2) is 9.37. The van der Waals surface area contributed by atoms with E-state index in [1.807, 2.05) is 36.4 Å². The quantitative estimate of drug-likeness (QED) is 0.291. The molecule has 0 aliphatic heterocycles. The number of phenols is 1. The first-order chi connectivity index (χ1) is 17.6. The van der Waals surface area contributed by atoms with Crippen molar-refractivity contribution in [3.63, 3.8) is 0 Å². The number of hydrogen-bond acceptors (Lipinski definition) is 7. The summed E-state index contributed by atoms with van der Waals surface area (Å²) in [4.78, 5) is 24.0. The fraction of sp³-hybridized carbons (Fsp3) is 0.250. The Morgan fingerprint density at radius 3 is 2.83 bits per heavy atom. The first-order valence-electron chi connectivity index (χ1n) is 12.1. The van der Waals surface area contributed by atoms with Crippen LogP contribution in [0.25, 0.3) is 31.7 Å². The second-order valence-electron chi connectivity index (χ2n) is 9.05. The predicted molar refractivity (Wildman–Crippen MR) is 143 cm³/mol. The number of rotatable bonds is 8. The number of nitrogens with zero attached hydrogens (tertiary/aromatic N) is 3. The van der Waals surface area contributed by atoms with E-state index in [9.17, 15) is 9.90 Å². The topological polar surface area (TPSA) is 89.3 Å². The van der Waals surface area contributed by atoms with Gasteiger partial charge in [0.25, 0.3) is 5.56 Å². The number of phenolic OH excluding ortho intramolecular Hbond substituents is 1. The monoisotopic (exact) mass is 498 g/mol. The Bertz CT molecular complexity index is 1620. The predicted octanol–water partition coefficient (Wildman–Crippen LogP) is 5.05. The Morgan fingerprint density at radius 2 is 2.06 bits per heavy atom. The summed E-state index contributed by atoms with van der Waals surface area (Å²) in [6.45, 7) is 1.65. The van der Waals surface area contributed by atoms with Gasteiger partial charge in [0.2, 0.25) is 0 Å². The molecular formula is C28H26N4O3S. The molecule has 3 heterocycles. The zero-order valence-electron chi connectivity index (χ0n) is 19.9. The zero-order valence-corrected chi connectivity index (χ0v) is 20.7. The van der Waals surface area contributed by atoms with E-state index in [0.29, 0.717) is 46.3 Å². The number of benzene rings is 2. The van der Waals surface area contributed by atoms with E-state index in [2.05, 4.69) is 16.4 Å². The van der Waals surface area contributed by atoms with Gasteiger partial charge in [0.1, 0.15) is 22.2 Å². The molecule has 0 amide bonds. The van der Waals surface area contributed by atoms with E-state index in [1.165, 1.54) is 16.9 Å². The first kappa shape index (κ1) is 22.7. The van der Waals surface area contributed by atoms with Crippen LogP contribution >= 0.6 is 11.3 Å². The normalized spacial score (nSPS) is 13.5. The molecule has 1 fully saturated rings. The van der Waals surface area contributed by atoms with E-state index < -0.39 is 0 Å². The van der Waals surface area contributed by atoms with Gasteiger partial charge >= 0.3 is 0 Å². The highest BCUT2D eigenvalue weighted by Gasteiger charge is 2.29. The van der Waals surface area contributed by atoms with Gasteiger partial charge in [-0.2, -0.15) is 0 Å². The lowest BCUT2D eigenvalue weighted by Crippen LogP contribution is -2.29. The third kappa shape index (κ3) is 4.12. The van der Waals surface area contributed by atoms with Crippen LogP contribution in [0, 0.1) is 0 Å². The number of methoxy groups -OCH3 is 1. The standard InChI is InChI=1S/C28H26N4O3S/c1-35-19-10-11-20(22(15-19)17-8-9-17)26-31-27-24(21-6-4-7-23(33)25(21)36-27)28(34)32(26)14-13-29-16-18-5-2-3-12-30-18/h2-7,10-12,15,17,29,33H,8-9,13-14,16H2,1H3. The summed E-state index contributed by atoms with van der Waals surface area (Å²) in [5.41, 5.74) is 2.98. The fourth-order valence-corrected chi connectivity index (χ4v) is 5.77. The SMILES string of the molecule is COc1ccc(-c2nc3sc4c(O)cccc4c3c(=O)n2CCNCc2ccccn2)c(C2CC2)c1. The number of hydrogen-bond donors (Lipinski definition) is 2. The van der Waals surface area contributed by atoms with Crippen molar-refractivity contribution in [2.45, 2.75) is 31.8 Å². The van der Waals surface area contributed by atoms with Crippen LogP contribution in [-0.4, -0.2) is 33.3 Å². The molecule has 1 aliphatic rings. The van der Waals surface area contributed by atoms with Crippen molar-refractivity contribution in [3.8, 4) is 22.9 Å². The molecule has 0 radical (unpaired) electrons. The molecular weight excluding hydrogens is 472 g/mol. The van der Waals surface area contributed by atoms with Gasteiger partial charge in [-0.3, -0.25) is 14.3 Å². The highest BCUT2D eigenvalue weighted by molar-refractivity contribution is 7.25. The molecule has 7 nitrogen and oxygen atoms in total. The van der Waals surface area contributed by atoms with Crippen molar-refractivity contribution in [2.24, 2.45) is 0 Å². The number of thiophene rings is 1.